The molecule has 6 heterocycles. The van der Waals surface area contributed by atoms with Gasteiger partial charge in [-0.3, -0.25) is 0 Å². The van der Waals surface area contributed by atoms with Crippen molar-refractivity contribution in [2.24, 2.45) is 4.30 Å². The van der Waals surface area contributed by atoms with Crippen LogP contribution in [0.2, 0.25) is 58.9 Å². The van der Waals surface area contributed by atoms with Crippen LogP contribution in [0, 0.1) is 20.8 Å². The minimum Gasteiger partial charge on any atom is -0.343 e. The Kier molecular flexibility index (Phi) is 41.3. The van der Waals surface area contributed by atoms with Crippen LogP contribution < -0.4 is 44.1 Å². The van der Waals surface area contributed by atoms with Gasteiger partial charge < -0.3 is 6.92 Å². The normalized spacial score (nSPS) is 12.2. The molecule has 0 unspecified atom stereocenters. The van der Waals surface area contributed by atoms with Crippen molar-refractivity contribution in [2.45, 2.75) is 248 Å². The summed E-state index contributed by atoms with van der Waals surface area (Å²) in [4.78, 5) is 7.65. The molecule has 0 atom stereocenters. The van der Waals surface area contributed by atoms with E-state index >= 15 is 0 Å². The van der Waals surface area contributed by atoms with E-state index in [1.807, 2.05) is 47.1 Å². The molecule has 0 aliphatic carbocycles. The fraction of sp³-hybridized carbons (Fsp3) is 0.567. The second-order valence-electron chi connectivity index (χ2n) is 23.8. The summed E-state index contributed by atoms with van der Waals surface area (Å²) in [5.74, 6) is 0. The van der Waals surface area contributed by atoms with E-state index < -0.39 is 30.9 Å². The van der Waals surface area contributed by atoms with Crippen molar-refractivity contribution >= 4 is 182 Å². The van der Waals surface area contributed by atoms with Crippen LogP contribution in [0.15, 0.2) is 75.8 Å². The number of fused-ring (bicyclic) bond motifs is 6. The van der Waals surface area contributed by atoms with E-state index in [4.69, 9.17) is 22.2 Å². The van der Waals surface area contributed by atoms with Crippen molar-refractivity contribution in [3.63, 3.8) is 0 Å². The van der Waals surface area contributed by atoms with Crippen LogP contribution in [0.25, 0.3) is 25.6 Å². The fourth-order valence-electron chi connectivity index (χ4n) is 10.7. The molecule has 16 heteroatoms. The number of thiol groups is 1. The predicted molar refractivity (Wildman–Crippen MR) is 425 cm³/mol. The zero-order valence-corrected chi connectivity index (χ0v) is 66.4. The molecule has 0 bridgehead atoms. The van der Waals surface area contributed by atoms with Crippen LogP contribution in [0.1, 0.15) is 206 Å². The average Bonchev–Trinajstić information content (AvgIpc) is 1.55. The van der Waals surface area contributed by atoms with Crippen LogP contribution >= 0.6 is 112 Å². The Morgan fingerprint density at radius 3 is 1.36 bits per heavy atom. The Morgan fingerprint density at radius 2 is 0.928 bits per heavy atom. The van der Waals surface area contributed by atoms with Crippen molar-refractivity contribution in [1.29, 1.82) is 0 Å². The van der Waals surface area contributed by atoms with Gasteiger partial charge in [0, 0.05) is 41.5 Å². The van der Waals surface area contributed by atoms with Gasteiger partial charge in [-0.1, -0.05) is 200 Å². The van der Waals surface area contributed by atoms with Gasteiger partial charge in [-0.05, 0) is 190 Å². The van der Waals surface area contributed by atoms with Gasteiger partial charge >= 0.3 is 43.6 Å². The molecule has 1 radical (unpaired) electrons. The third kappa shape index (κ3) is 26.9. The zero-order chi connectivity index (χ0) is 61.5. The molecule has 2 aliphatic heterocycles. The van der Waals surface area contributed by atoms with Gasteiger partial charge in [-0.2, -0.15) is 6.42 Å². The Bertz CT molecular complexity index is 3100. The number of halogens is 4. The molecule has 0 aromatic carbocycles. The molecule has 4 aromatic heterocycles. The van der Waals surface area contributed by atoms with Crippen molar-refractivity contribution in [1.82, 2.24) is 0 Å². The zero-order valence-electron chi connectivity index (χ0n) is 53.6. The second-order valence-corrected chi connectivity index (χ2v) is 53.7. The Hall–Kier alpha value is -0.440. The first-order valence-electron chi connectivity index (χ1n) is 30.1. The van der Waals surface area contributed by atoms with Gasteiger partial charge in [0.2, 0.25) is 6.69 Å². The van der Waals surface area contributed by atoms with Crippen LogP contribution in [-0.4, -0.2) is 38.6 Å². The smallest absolute Gasteiger partial charge is 0.343 e. The topological polar surface area (TPSA) is 12.4 Å². The molecule has 83 heavy (non-hydrogen) atoms. The van der Waals surface area contributed by atoms with Gasteiger partial charge in [0.05, 0.1) is 15.6 Å². The second kappa shape index (κ2) is 42.5. The molecular weight excluding hydrogens is 1340 g/mol. The number of unbranched alkanes of at least 4 members (excludes halogenated alkanes) is 19. The third-order valence-corrected chi connectivity index (χ3v) is 32.9. The summed E-state index contributed by atoms with van der Waals surface area (Å²) in [5.41, 5.74) is 33.6. The fourth-order valence-corrected chi connectivity index (χ4v) is 31.4. The quantitative estimate of drug-likeness (QED) is 0.0170. The summed E-state index contributed by atoms with van der Waals surface area (Å²) >= 11 is 29.9. The largest absolute Gasteiger partial charge is 1.00 e. The van der Waals surface area contributed by atoms with Gasteiger partial charge in [-0.25, -0.2) is 0 Å². The monoisotopic (exact) mass is 1460 g/mol. The number of aryl methyl sites for hydroxylation is 1. The van der Waals surface area contributed by atoms with E-state index in [0.717, 1.165) is 6.42 Å². The van der Waals surface area contributed by atoms with Crippen LogP contribution in [0.4, 0.5) is 0 Å². The van der Waals surface area contributed by atoms with Gasteiger partial charge in [0.15, 0.2) is 0 Å². The molecule has 471 valence electrons. The standard InChI is InChI=1S/C38H46S2Si2.C23H34Br2S2Si.C4H9.C2H6Cl2Si.BHNS.Li.12H2/c1-9-11-13-15-17-19-21-23-25-27-29-32-31(3)39-34-35-37(42(7,8)36(32)34)33(38(40-35)41(4,5)6)30-28-26-24-22-20-18-16-14-12-10-2;1-5-6-7-8-9-10-11-12-13-14-15-17-21-19(27-23(17)25)18-20(28(21,3)4)16(2)22(24)26-18;1-3-4-2;1-5(2,3)4;1-2-3;;;;;;;;;;;;;/h29H,1,10,12,14,16,18,20,22,24,26,28,30H2,2-8H3;5-15H2,1-4H3;1,3-4H2,2H3;1-2H3;3H;;12*1H/q;;-1;;;+1;;;;;;;;;;;;. The van der Waals surface area contributed by atoms with Crippen molar-refractivity contribution in [3.8, 4) is 19.5 Å². The Labute approximate surface area is 589 Å². The molecule has 1 nitrogen and oxygen atoms in total. The summed E-state index contributed by atoms with van der Waals surface area (Å²) in [7, 11) is -0.511. The first kappa shape index (κ1) is 80.6. The van der Waals surface area contributed by atoms with E-state index in [-0.39, 0.29) is 36.0 Å². The van der Waals surface area contributed by atoms with Crippen molar-refractivity contribution in [2.75, 3.05) is 0 Å². The van der Waals surface area contributed by atoms with Gasteiger partial charge in [0.25, 0.3) is 0 Å². The first-order valence-corrected chi connectivity index (χ1v) is 49.9. The minimum absolute atomic E-state index is 0. The van der Waals surface area contributed by atoms with Gasteiger partial charge in [-0.15, -0.1) is 67.5 Å². The summed E-state index contributed by atoms with van der Waals surface area (Å²) < 4.78 is 7.19. The predicted octanol–water partition coefficient (Wildman–Crippen LogP) is 23.0. The third-order valence-electron chi connectivity index (χ3n) is 14.5. The molecule has 4 aromatic rings. The molecule has 0 amide bonds. The number of rotatable bonds is 25. The van der Waals surface area contributed by atoms with E-state index in [1.165, 1.54) is 176 Å². The van der Waals surface area contributed by atoms with Crippen molar-refractivity contribution in [3.05, 3.63) is 106 Å². The number of thiophene rings is 4. The maximum atomic E-state index is 5.43. The SMILES string of the molecule is C=C=C=C=C=C=C=C=C=C=C=Cc1c(C)sc2c1[Si](C)(C)c1c-2sc([Si](C)(C)C)c1CCCCCCCCCCCC.CCCCCCCCCCCCc1c(Br)sc2c1[Si](C)(C)c1c-2sc(Br)c1C.C[Si](C)(Cl)Cl.[B]=NS.[CH2-]CCC.[HH].[HH].[HH].[HH].[HH].[HH].[HH].[HH].[HH].[HH].[HH].[HH].[Li+]. The number of hydrogen-bond donors (Lipinski definition) is 1. The Balaban J connectivity index is -0.000000114. The van der Waals surface area contributed by atoms with E-state index in [2.05, 4.69) is 225 Å². The number of nitrogens with zero attached hydrogens (tertiary/aromatic N) is 1. The maximum absolute atomic E-state index is 5.43. The summed E-state index contributed by atoms with van der Waals surface area (Å²) in [6.45, 7) is 38.2. The summed E-state index contributed by atoms with van der Waals surface area (Å²) in [6.07, 6.45) is 34.9. The molecule has 6 rings (SSSR count). The summed E-state index contributed by atoms with van der Waals surface area (Å²) in [5, 5.41) is 6.80. The Morgan fingerprint density at radius 1 is 0.578 bits per heavy atom. The molecular formula is C67H120BBr2Cl2LiNS5Si4. The van der Waals surface area contributed by atoms with Crippen LogP contribution in [0.3, 0.4) is 0 Å². The average molecular weight is 1460 g/mol. The number of hydrogen-bond acceptors (Lipinski definition) is 6. The minimum atomic E-state index is -1.85. The summed E-state index contributed by atoms with van der Waals surface area (Å²) in [6, 6.07) is 0. The molecule has 0 N–H and O–H groups in total. The molecule has 2 aliphatic rings. The van der Waals surface area contributed by atoms with Crippen molar-refractivity contribution < 1.29 is 36.0 Å². The first-order chi connectivity index (χ1) is 38.9. The van der Waals surface area contributed by atoms with E-state index in [0.29, 0.717) is 0 Å². The molecule has 0 fully saturated rings. The molecule has 0 spiro atoms. The van der Waals surface area contributed by atoms with Crippen LogP contribution in [0.5, 0.6) is 0 Å². The van der Waals surface area contributed by atoms with Gasteiger partial charge in [0.1, 0.15) is 16.1 Å². The van der Waals surface area contributed by atoms with Crippen LogP contribution in [-0.2, 0) is 12.8 Å². The van der Waals surface area contributed by atoms with E-state index in [9.17, 15) is 0 Å². The maximum Gasteiger partial charge on any atom is 1.00 e. The molecule has 0 saturated carbocycles. The van der Waals surface area contributed by atoms with E-state index in [1.54, 1.807) is 51.0 Å². The molecule has 0 saturated heterocycles.